The number of carbonyl (C=O) groups excluding carboxylic acids is 3. The van der Waals surface area contributed by atoms with Gasteiger partial charge in [-0.2, -0.15) is 23.4 Å². The molecule has 0 aromatic heterocycles. The van der Waals surface area contributed by atoms with Gasteiger partial charge in [0.2, 0.25) is 0 Å². The van der Waals surface area contributed by atoms with Gasteiger partial charge in [0, 0.05) is 37.1 Å². The Morgan fingerprint density at radius 2 is 1.41 bits per heavy atom. The first-order valence-corrected chi connectivity index (χ1v) is 11.9. The summed E-state index contributed by atoms with van der Waals surface area (Å²) in [5, 5.41) is 11.3. The predicted octanol–water partition coefficient (Wildman–Crippen LogP) is 6.49. The average molecular weight is 522 g/mol. The van der Waals surface area contributed by atoms with E-state index >= 15 is 0 Å². The van der Waals surface area contributed by atoms with Crippen molar-refractivity contribution in [1.82, 2.24) is 0 Å². The van der Waals surface area contributed by atoms with Crippen LogP contribution in [-0.2, 0) is 25.5 Å². The van der Waals surface area contributed by atoms with Gasteiger partial charge in [0.05, 0.1) is 18.0 Å². The number of benzene rings is 2. The summed E-state index contributed by atoms with van der Waals surface area (Å²) in [5.41, 5.74) is 1.77. The molecule has 8 nitrogen and oxygen atoms in total. The summed E-state index contributed by atoms with van der Waals surface area (Å²) in [6.45, 7) is 4.50. The van der Waals surface area contributed by atoms with E-state index in [2.05, 4.69) is 15.5 Å². The number of ketones is 1. The first-order valence-electron chi connectivity index (χ1n) is 11.9. The monoisotopic (exact) mass is 521 g/mol. The van der Waals surface area contributed by atoms with Crippen molar-refractivity contribution in [2.45, 2.75) is 52.1 Å². The molecule has 0 fully saturated rings. The van der Waals surface area contributed by atoms with Crippen LogP contribution in [0.1, 0.15) is 55.5 Å². The molecule has 0 amide bonds. The molecule has 0 aliphatic rings. The molecule has 0 aliphatic heterocycles. The summed E-state index contributed by atoms with van der Waals surface area (Å²) in [6, 6.07) is 9.81. The van der Waals surface area contributed by atoms with Gasteiger partial charge in [0.15, 0.2) is 0 Å². The smallest absolute Gasteiger partial charge is 0.454 e. The zero-order valence-corrected chi connectivity index (χ0v) is 20.8. The van der Waals surface area contributed by atoms with E-state index in [0.29, 0.717) is 44.3 Å². The number of ether oxygens (including phenoxy) is 2. The quantitative estimate of drug-likeness (QED) is 0.132. The molecule has 2 aromatic carbocycles. The van der Waals surface area contributed by atoms with Crippen molar-refractivity contribution in [2.75, 3.05) is 25.1 Å². The molecule has 37 heavy (non-hydrogen) atoms. The zero-order chi connectivity index (χ0) is 27.3. The lowest BCUT2D eigenvalue weighted by Gasteiger charge is -2.13. The topological polar surface area (TPSA) is 106 Å². The highest BCUT2D eigenvalue weighted by atomic mass is 19.4. The number of nitrogens with zero attached hydrogens (tertiary/aromatic N) is 2. The third-order valence-electron chi connectivity index (χ3n) is 4.98. The minimum absolute atomic E-state index is 0.161. The lowest BCUT2D eigenvalue weighted by molar-refractivity contribution is -0.144. The van der Waals surface area contributed by atoms with Crippen LogP contribution >= 0.6 is 0 Å². The number of esters is 2. The first kappa shape index (κ1) is 29.5. The molecule has 0 radical (unpaired) electrons. The van der Waals surface area contributed by atoms with Crippen molar-refractivity contribution in [3.63, 3.8) is 0 Å². The van der Waals surface area contributed by atoms with Crippen molar-refractivity contribution >= 4 is 34.8 Å². The van der Waals surface area contributed by atoms with Crippen LogP contribution in [0.5, 0.6) is 0 Å². The van der Waals surface area contributed by atoms with Crippen molar-refractivity contribution in [2.24, 2.45) is 10.2 Å². The number of rotatable bonds is 14. The number of hydrogen-bond acceptors (Lipinski definition) is 8. The molecule has 0 bridgehead atoms. The minimum atomic E-state index is -4.95. The maximum absolute atomic E-state index is 12.6. The second-order valence-corrected chi connectivity index (χ2v) is 8.03. The van der Waals surface area contributed by atoms with E-state index in [1.54, 1.807) is 18.2 Å². The van der Waals surface area contributed by atoms with Crippen LogP contribution in [0.2, 0.25) is 0 Å². The standard InChI is InChI=1S/C26H30F3N3O5/c1-3-5-23(33)36-15-13-19-17-21(11-12-22(19)30-14-16-37-24(34)6-4-2)32-31-20-9-7-18(8-10-20)25(35)26(27,28)29/h7-12,17,30H,3-6,13-16H2,1-2H3. The molecule has 0 saturated carbocycles. The van der Waals surface area contributed by atoms with E-state index in [9.17, 15) is 27.6 Å². The highest BCUT2D eigenvalue weighted by Crippen LogP contribution is 2.27. The molecule has 0 spiro atoms. The Hall–Kier alpha value is -3.76. The number of azo groups is 1. The van der Waals surface area contributed by atoms with Crippen molar-refractivity contribution in [1.29, 1.82) is 0 Å². The van der Waals surface area contributed by atoms with Gasteiger partial charge in [-0.05, 0) is 60.9 Å². The molecule has 200 valence electrons. The normalized spacial score (nSPS) is 11.4. The Kier molecular flexibility index (Phi) is 11.7. The number of hydrogen-bond donors (Lipinski definition) is 1. The summed E-state index contributed by atoms with van der Waals surface area (Å²) in [6.07, 6.45) is -2.48. The van der Waals surface area contributed by atoms with Crippen LogP contribution in [0, 0.1) is 0 Å². The number of halogens is 3. The summed E-state index contributed by atoms with van der Waals surface area (Å²) in [5.74, 6) is -2.48. The Bertz CT molecular complexity index is 1090. The molecule has 0 aliphatic carbocycles. The van der Waals surface area contributed by atoms with E-state index in [1.165, 1.54) is 12.1 Å². The fourth-order valence-electron chi connectivity index (χ4n) is 3.16. The van der Waals surface area contributed by atoms with Gasteiger partial charge in [0.1, 0.15) is 6.61 Å². The highest BCUT2D eigenvalue weighted by molar-refractivity contribution is 6.00. The molecule has 11 heteroatoms. The van der Waals surface area contributed by atoms with Gasteiger partial charge in [-0.1, -0.05) is 13.8 Å². The van der Waals surface area contributed by atoms with Crippen LogP contribution in [0.25, 0.3) is 0 Å². The van der Waals surface area contributed by atoms with Crippen LogP contribution in [-0.4, -0.2) is 43.7 Å². The summed E-state index contributed by atoms with van der Waals surface area (Å²) >= 11 is 0. The molecule has 0 unspecified atom stereocenters. The fourth-order valence-corrected chi connectivity index (χ4v) is 3.16. The lowest BCUT2D eigenvalue weighted by atomic mass is 10.1. The lowest BCUT2D eigenvalue weighted by Crippen LogP contribution is -2.22. The van der Waals surface area contributed by atoms with Gasteiger partial charge in [-0.25, -0.2) is 0 Å². The maximum Gasteiger partial charge on any atom is 0.454 e. The summed E-state index contributed by atoms with van der Waals surface area (Å²) < 4.78 is 48.1. The number of carbonyl (C=O) groups is 3. The number of nitrogens with one attached hydrogen (secondary N) is 1. The van der Waals surface area contributed by atoms with Gasteiger partial charge in [0.25, 0.3) is 5.78 Å². The molecule has 0 atom stereocenters. The van der Waals surface area contributed by atoms with E-state index in [-0.39, 0.29) is 30.8 Å². The number of Topliss-reactive ketones (excluding diaryl/α,β-unsaturated/α-hetero) is 1. The molecule has 0 saturated heterocycles. The zero-order valence-electron chi connectivity index (χ0n) is 20.8. The van der Waals surface area contributed by atoms with Crippen molar-refractivity contribution in [3.05, 3.63) is 53.6 Å². The summed E-state index contributed by atoms with van der Waals surface area (Å²) in [4.78, 5) is 34.5. The Morgan fingerprint density at radius 3 is 2.00 bits per heavy atom. The average Bonchev–Trinajstić information content (AvgIpc) is 2.86. The van der Waals surface area contributed by atoms with Crippen LogP contribution < -0.4 is 5.32 Å². The Labute approximate surface area is 213 Å². The fraction of sp³-hybridized carbons (Fsp3) is 0.423. The van der Waals surface area contributed by atoms with Crippen molar-refractivity contribution < 1.29 is 37.0 Å². The van der Waals surface area contributed by atoms with Gasteiger partial charge < -0.3 is 14.8 Å². The Balaban J connectivity index is 2.10. The molecule has 2 rings (SSSR count). The SMILES string of the molecule is CCCC(=O)OCCNc1ccc(N=Nc2ccc(C(=O)C(F)(F)F)cc2)cc1CCOC(=O)CCC. The van der Waals surface area contributed by atoms with Crippen LogP contribution in [0.3, 0.4) is 0 Å². The van der Waals surface area contributed by atoms with Gasteiger partial charge in [-0.15, -0.1) is 0 Å². The third kappa shape index (κ3) is 10.4. The molecular weight excluding hydrogens is 491 g/mol. The number of anilines is 1. The third-order valence-corrected chi connectivity index (χ3v) is 4.98. The van der Waals surface area contributed by atoms with E-state index in [1.807, 2.05) is 13.8 Å². The van der Waals surface area contributed by atoms with Crippen LogP contribution in [0.4, 0.5) is 30.2 Å². The maximum atomic E-state index is 12.6. The van der Waals surface area contributed by atoms with Gasteiger partial charge in [-0.3, -0.25) is 14.4 Å². The molecule has 2 aromatic rings. The second-order valence-electron chi connectivity index (χ2n) is 8.03. The summed E-state index contributed by atoms with van der Waals surface area (Å²) in [7, 11) is 0. The minimum Gasteiger partial charge on any atom is -0.465 e. The highest BCUT2D eigenvalue weighted by Gasteiger charge is 2.39. The molecular formula is C26H30F3N3O5. The predicted molar refractivity (Wildman–Crippen MR) is 131 cm³/mol. The van der Waals surface area contributed by atoms with E-state index < -0.39 is 17.5 Å². The molecule has 1 N–H and O–H groups in total. The van der Waals surface area contributed by atoms with Gasteiger partial charge >= 0.3 is 18.1 Å². The second kappa shape index (κ2) is 14.7. The first-order chi connectivity index (χ1) is 17.6. The van der Waals surface area contributed by atoms with E-state index in [0.717, 1.165) is 23.4 Å². The largest absolute Gasteiger partial charge is 0.465 e. The number of alkyl halides is 3. The Morgan fingerprint density at radius 1 is 0.838 bits per heavy atom. The van der Waals surface area contributed by atoms with E-state index in [4.69, 9.17) is 9.47 Å². The van der Waals surface area contributed by atoms with Crippen LogP contribution in [0.15, 0.2) is 52.7 Å². The van der Waals surface area contributed by atoms with Crippen molar-refractivity contribution in [3.8, 4) is 0 Å². The molecule has 0 heterocycles.